The third kappa shape index (κ3) is 4.57. The van der Waals surface area contributed by atoms with Crippen molar-refractivity contribution < 1.29 is 4.79 Å². The molecule has 1 heterocycles. The summed E-state index contributed by atoms with van der Waals surface area (Å²) in [5.74, 6) is 0.132. The number of hydrogen-bond acceptors (Lipinski definition) is 2. The van der Waals surface area contributed by atoms with Gasteiger partial charge in [0.2, 0.25) is 5.91 Å². The van der Waals surface area contributed by atoms with Crippen molar-refractivity contribution >= 4 is 5.91 Å². The number of hydrogen-bond donors (Lipinski definition) is 2. The van der Waals surface area contributed by atoms with Gasteiger partial charge in [0.25, 0.3) is 0 Å². The average molecular weight is 302 g/mol. The summed E-state index contributed by atoms with van der Waals surface area (Å²) in [7, 11) is 0. The maximum Gasteiger partial charge on any atom is 0.224 e. The molecule has 122 valence electrons. The fourth-order valence-corrected chi connectivity index (χ4v) is 3.87. The predicted octanol–water partition coefficient (Wildman–Crippen LogP) is 3.27. The van der Waals surface area contributed by atoms with E-state index in [0.717, 1.165) is 18.4 Å². The molecular formula is C19H30N2O. The summed E-state index contributed by atoms with van der Waals surface area (Å²) in [4.78, 5) is 12.4. The Hall–Kier alpha value is -1.35. The highest BCUT2D eigenvalue weighted by Gasteiger charge is 2.38. The van der Waals surface area contributed by atoms with Crippen LogP contribution in [-0.2, 0) is 11.2 Å². The number of benzene rings is 1. The summed E-state index contributed by atoms with van der Waals surface area (Å²) in [6.07, 6.45) is 2.40. The topological polar surface area (TPSA) is 41.1 Å². The molecule has 1 aliphatic rings. The molecule has 0 spiro atoms. The molecule has 1 saturated heterocycles. The first-order chi connectivity index (χ1) is 10.1. The molecule has 1 amide bonds. The Morgan fingerprint density at radius 2 is 1.77 bits per heavy atom. The van der Waals surface area contributed by atoms with E-state index in [2.05, 4.69) is 70.4 Å². The lowest BCUT2D eigenvalue weighted by molar-refractivity contribution is -0.121. The first-order valence-electron chi connectivity index (χ1n) is 8.21. The molecule has 1 aromatic carbocycles. The number of amides is 1. The first kappa shape index (κ1) is 17.0. The van der Waals surface area contributed by atoms with Gasteiger partial charge in [-0.25, -0.2) is 0 Å². The molecule has 0 aliphatic carbocycles. The van der Waals surface area contributed by atoms with Crippen LogP contribution in [0.3, 0.4) is 0 Å². The van der Waals surface area contributed by atoms with E-state index in [9.17, 15) is 4.79 Å². The lowest BCUT2D eigenvalue weighted by Crippen LogP contribution is -2.62. The van der Waals surface area contributed by atoms with Crippen molar-refractivity contribution in [2.24, 2.45) is 0 Å². The molecule has 0 radical (unpaired) electrons. The molecule has 0 atom stereocenters. The summed E-state index contributed by atoms with van der Waals surface area (Å²) < 4.78 is 0. The molecular weight excluding hydrogens is 272 g/mol. The molecule has 3 nitrogen and oxygen atoms in total. The maximum absolute atomic E-state index is 12.4. The van der Waals surface area contributed by atoms with E-state index >= 15 is 0 Å². The van der Waals surface area contributed by atoms with Crippen molar-refractivity contribution in [3.8, 4) is 0 Å². The number of piperidine rings is 1. The quantitative estimate of drug-likeness (QED) is 0.900. The van der Waals surface area contributed by atoms with Crippen LogP contribution in [0.5, 0.6) is 0 Å². The molecule has 1 aromatic rings. The Kier molecular flexibility index (Phi) is 4.67. The molecule has 0 saturated carbocycles. The maximum atomic E-state index is 12.4. The number of carbonyl (C=O) groups excluding carboxylic acids is 1. The Bertz CT molecular complexity index is 545. The highest BCUT2D eigenvalue weighted by Crippen LogP contribution is 2.28. The minimum absolute atomic E-state index is 0.0545. The van der Waals surface area contributed by atoms with Gasteiger partial charge in [-0.3, -0.25) is 4.79 Å². The van der Waals surface area contributed by atoms with E-state index in [0.29, 0.717) is 6.42 Å². The van der Waals surface area contributed by atoms with Gasteiger partial charge in [-0.2, -0.15) is 0 Å². The Labute approximate surface area is 134 Å². The second-order valence-electron chi connectivity index (χ2n) is 8.17. The molecule has 1 aliphatic heterocycles. The standard InChI is InChI=1S/C19H30N2O/c1-13-7-8-14(2)15(9-13)10-17(22)20-16-11-18(3,4)21-19(5,6)12-16/h7-9,16,21H,10-12H2,1-6H3,(H,20,22). The average Bonchev–Trinajstić information content (AvgIpc) is 2.29. The lowest BCUT2D eigenvalue weighted by atomic mass is 9.79. The van der Waals surface area contributed by atoms with E-state index < -0.39 is 0 Å². The molecule has 1 fully saturated rings. The van der Waals surface area contributed by atoms with Crippen molar-refractivity contribution in [2.75, 3.05) is 0 Å². The molecule has 3 heteroatoms. The van der Waals surface area contributed by atoms with Crippen LogP contribution in [-0.4, -0.2) is 23.0 Å². The van der Waals surface area contributed by atoms with Crippen molar-refractivity contribution in [1.82, 2.24) is 10.6 Å². The van der Waals surface area contributed by atoms with Crippen molar-refractivity contribution in [2.45, 2.75) is 77.9 Å². The zero-order valence-electron chi connectivity index (χ0n) is 14.8. The Morgan fingerprint density at radius 3 is 2.36 bits per heavy atom. The molecule has 2 rings (SSSR count). The van der Waals surface area contributed by atoms with E-state index in [1.54, 1.807) is 0 Å². The molecule has 0 bridgehead atoms. The van der Waals surface area contributed by atoms with E-state index in [4.69, 9.17) is 0 Å². The minimum atomic E-state index is 0.0545. The fourth-order valence-electron chi connectivity index (χ4n) is 3.87. The van der Waals surface area contributed by atoms with Gasteiger partial charge in [0.1, 0.15) is 0 Å². The highest BCUT2D eigenvalue weighted by molar-refractivity contribution is 5.79. The zero-order chi connectivity index (χ0) is 16.5. The number of aryl methyl sites for hydroxylation is 2. The SMILES string of the molecule is Cc1ccc(C)c(CC(=O)NC2CC(C)(C)NC(C)(C)C2)c1. The van der Waals surface area contributed by atoms with E-state index in [-0.39, 0.29) is 23.0 Å². The number of rotatable bonds is 3. The van der Waals surface area contributed by atoms with Crippen LogP contribution in [0.25, 0.3) is 0 Å². The molecule has 0 unspecified atom stereocenters. The molecule has 2 N–H and O–H groups in total. The summed E-state index contributed by atoms with van der Waals surface area (Å²) >= 11 is 0. The molecule has 0 aromatic heterocycles. The monoisotopic (exact) mass is 302 g/mol. The summed E-state index contributed by atoms with van der Waals surface area (Å²) in [6.45, 7) is 13.0. The van der Waals surface area contributed by atoms with Gasteiger partial charge in [-0.1, -0.05) is 23.8 Å². The number of nitrogens with one attached hydrogen (secondary N) is 2. The van der Waals surface area contributed by atoms with Crippen LogP contribution >= 0.6 is 0 Å². The van der Waals surface area contributed by atoms with Crippen molar-refractivity contribution in [3.05, 3.63) is 34.9 Å². The van der Waals surface area contributed by atoms with Crippen LogP contribution < -0.4 is 10.6 Å². The zero-order valence-corrected chi connectivity index (χ0v) is 14.8. The van der Waals surface area contributed by atoms with Gasteiger partial charge in [-0.15, -0.1) is 0 Å². The van der Waals surface area contributed by atoms with Crippen LogP contribution in [0.4, 0.5) is 0 Å². The molecule has 22 heavy (non-hydrogen) atoms. The summed E-state index contributed by atoms with van der Waals surface area (Å²) in [6, 6.07) is 6.54. The minimum Gasteiger partial charge on any atom is -0.353 e. The summed E-state index contributed by atoms with van der Waals surface area (Å²) in [5.41, 5.74) is 3.63. The van der Waals surface area contributed by atoms with Crippen molar-refractivity contribution in [1.29, 1.82) is 0 Å². The van der Waals surface area contributed by atoms with Crippen LogP contribution in [0.1, 0.15) is 57.2 Å². The Morgan fingerprint density at radius 1 is 1.18 bits per heavy atom. The lowest BCUT2D eigenvalue weighted by Gasteiger charge is -2.46. The van der Waals surface area contributed by atoms with Gasteiger partial charge in [0.05, 0.1) is 6.42 Å². The highest BCUT2D eigenvalue weighted by atomic mass is 16.1. The Balaban J connectivity index is 2.01. The predicted molar refractivity (Wildman–Crippen MR) is 92.1 cm³/mol. The van der Waals surface area contributed by atoms with Gasteiger partial charge in [0, 0.05) is 17.1 Å². The fraction of sp³-hybridized carbons (Fsp3) is 0.632. The van der Waals surface area contributed by atoms with Gasteiger partial charge >= 0.3 is 0 Å². The third-order valence-electron chi connectivity index (χ3n) is 4.41. The first-order valence-corrected chi connectivity index (χ1v) is 8.21. The third-order valence-corrected chi connectivity index (χ3v) is 4.41. The van der Waals surface area contributed by atoms with Gasteiger partial charge < -0.3 is 10.6 Å². The van der Waals surface area contributed by atoms with Crippen molar-refractivity contribution in [3.63, 3.8) is 0 Å². The second-order valence-corrected chi connectivity index (χ2v) is 8.17. The summed E-state index contributed by atoms with van der Waals surface area (Å²) in [5, 5.41) is 6.90. The largest absolute Gasteiger partial charge is 0.353 e. The normalized spacial score (nSPS) is 20.6. The van der Waals surface area contributed by atoms with Crippen LogP contribution in [0.2, 0.25) is 0 Å². The number of carbonyl (C=O) groups is 1. The van der Waals surface area contributed by atoms with E-state index in [1.165, 1.54) is 11.1 Å². The van der Waals surface area contributed by atoms with E-state index in [1.807, 2.05) is 0 Å². The van der Waals surface area contributed by atoms with Gasteiger partial charge in [-0.05, 0) is 65.5 Å². The second kappa shape index (κ2) is 6.04. The smallest absolute Gasteiger partial charge is 0.224 e. The van der Waals surface area contributed by atoms with Gasteiger partial charge in [0.15, 0.2) is 0 Å². The van der Waals surface area contributed by atoms with Crippen LogP contribution in [0, 0.1) is 13.8 Å². The van der Waals surface area contributed by atoms with Crippen LogP contribution in [0.15, 0.2) is 18.2 Å².